The van der Waals surface area contributed by atoms with E-state index in [1.165, 1.54) is 0 Å². The van der Waals surface area contributed by atoms with Gasteiger partial charge >= 0.3 is 0 Å². The summed E-state index contributed by atoms with van der Waals surface area (Å²) in [5.74, 6) is 0. The summed E-state index contributed by atoms with van der Waals surface area (Å²) >= 11 is 5.98. The third-order valence-corrected chi connectivity index (χ3v) is 2.68. The van der Waals surface area contributed by atoms with Crippen LogP contribution in [0.1, 0.15) is 0 Å². The van der Waals surface area contributed by atoms with E-state index in [9.17, 15) is 0 Å². The fraction of sp³-hybridized carbons (Fsp3) is 0.0833. The van der Waals surface area contributed by atoms with Crippen LogP contribution in [-0.2, 0) is 7.05 Å². The topological polar surface area (TPSA) is 52.6 Å². The van der Waals surface area contributed by atoms with Gasteiger partial charge in [-0.3, -0.25) is 0 Å². The van der Waals surface area contributed by atoms with Crippen LogP contribution in [0, 0.1) is 0 Å². The molecule has 2 aromatic rings. The molecule has 0 bridgehead atoms. The number of aryl methyl sites for hydroxylation is 1. The third kappa shape index (κ3) is 2.38. The summed E-state index contributed by atoms with van der Waals surface area (Å²) in [5, 5.41) is 4.29. The first kappa shape index (κ1) is 11.5. The maximum Gasteiger partial charge on any atom is 0.212 e. The Bertz CT molecular complexity index is 603. The molecule has 1 aromatic carbocycles. The molecule has 0 saturated carbocycles. The monoisotopic (exact) mass is 245 g/mol. The smallest absolute Gasteiger partial charge is 0.201 e. The van der Waals surface area contributed by atoms with Gasteiger partial charge in [0.1, 0.15) is 7.05 Å². The molecule has 17 heavy (non-hydrogen) atoms. The maximum atomic E-state index is 8.55. The number of benzene rings is 1. The van der Waals surface area contributed by atoms with Crippen LogP contribution < -0.4 is 4.57 Å². The van der Waals surface area contributed by atoms with Crippen LogP contribution in [0.25, 0.3) is 21.7 Å². The lowest BCUT2D eigenvalue weighted by molar-refractivity contribution is -0.660. The number of hydrogen-bond donors (Lipinski definition) is 0. The molecule has 1 heterocycles. The number of aromatic nitrogens is 1. The molecule has 0 N–H and O–H groups in total. The lowest BCUT2D eigenvalue weighted by atomic mass is 10.1. The molecule has 0 amide bonds. The molecule has 0 aliphatic rings. The highest BCUT2D eigenvalue weighted by Gasteiger charge is 2.12. The van der Waals surface area contributed by atoms with Crippen molar-refractivity contribution in [2.24, 2.45) is 12.2 Å². The first-order valence-corrected chi connectivity index (χ1v) is 5.40. The minimum Gasteiger partial charge on any atom is -0.201 e. The van der Waals surface area contributed by atoms with Crippen molar-refractivity contribution in [2.45, 2.75) is 0 Å². The van der Waals surface area contributed by atoms with E-state index in [1.807, 2.05) is 36.0 Å². The number of rotatable bonds is 2. The van der Waals surface area contributed by atoms with E-state index in [0.29, 0.717) is 10.7 Å². The molecule has 0 atom stereocenters. The second-order valence-corrected chi connectivity index (χ2v) is 3.98. The van der Waals surface area contributed by atoms with Crippen molar-refractivity contribution >= 4 is 17.3 Å². The number of hydrogen-bond acceptors (Lipinski definition) is 1. The Balaban J connectivity index is 2.69. The van der Waals surface area contributed by atoms with Crippen LogP contribution in [0.15, 0.2) is 47.7 Å². The first-order valence-electron chi connectivity index (χ1n) is 5.02. The molecule has 0 unspecified atom stereocenters. The molecule has 2 rings (SSSR count). The summed E-state index contributed by atoms with van der Waals surface area (Å²) in [6.45, 7) is 0. The van der Waals surface area contributed by atoms with E-state index < -0.39 is 0 Å². The van der Waals surface area contributed by atoms with Gasteiger partial charge in [-0.2, -0.15) is 0 Å². The van der Waals surface area contributed by atoms with E-state index in [0.717, 1.165) is 11.3 Å². The van der Waals surface area contributed by atoms with Gasteiger partial charge in [-0.15, -0.1) is 0 Å². The van der Waals surface area contributed by atoms with Gasteiger partial charge in [0.25, 0.3) is 0 Å². The molecule has 84 valence electrons. The van der Waals surface area contributed by atoms with Crippen LogP contribution in [0.5, 0.6) is 0 Å². The molecule has 0 saturated heterocycles. The molecule has 5 heteroatoms. The Morgan fingerprint density at radius 2 is 2.12 bits per heavy atom. The number of halogens is 1. The largest absolute Gasteiger partial charge is 0.212 e. The zero-order chi connectivity index (χ0) is 12.3. The van der Waals surface area contributed by atoms with Crippen molar-refractivity contribution in [3.05, 3.63) is 58.1 Å². The van der Waals surface area contributed by atoms with Gasteiger partial charge in [0, 0.05) is 22.1 Å². The van der Waals surface area contributed by atoms with Crippen molar-refractivity contribution in [3.63, 3.8) is 0 Å². The molecule has 0 fully saturated rings. The lowest BCUT2D eigenvalue weighted by Gasteiger charge is -2.04. The molecule has 0 aliphatic carbocycles. The zero-order valence-corrected chi connectivity index (χ0v) is 9.96. The second kappa shape index (κ2) is 4.87. The lowest BCUT2D eigenvalue weighted by Crippen LogP contribution is -2.29. The minimum atomic E-state index is 0.568. The Hall–Kier alpha value is -2.03. The predicted octanol–water partition coefficient (Wildman–Crippen LogP) is 3.77. The van der Waals surface area contributed by atoms with E-state index in [2.05, 4.69) is 10.0 Å². The number of azide groups is 1. The zero-order valence-electron chi connectivity index (χ0n) is 9.21. The van der Waals surface area contributed by atoms with Gasteiger partial charge in [0.05, 0.1) is 11.3 Å². The molecule has 0 radical (unpaired) electrons. The summed E-state index contributed by atoms with van der Waals surface area (Å²) in [6.07, 6.45) is 1.93. The Labute approximate surface area is 104 Å². The van der Waals surface area contributed by atoms with Gasteiger partial charge in [-0.25, -0.2) is 4.57 Å². The second-order valence-electron chi connectivity index (χ2n) is 3.55. The van der Waals surface area contributed by atoms with Gasteiger partial charge in [0.15, 0.2) is 6.20 Å². The molecular weight excluding hydrogens is 236 g/mol. The fourth-order valence-corrected chi connectivity index (χ4v) is 1.82. The van der Waals surface area contributed by atoms with Gasteiger partial charge in [-0.05, 0) is 23.7 Å². The fourth-order valence-electron chi connectivity index (χ4n) is 1.65. The highest BCUT2D eigenvalue weighted by molar-refractivity contribution is 6.31. The molecule has 1 aromatic heterocycles. The summed E-state index contributed by atoms with van der Waals surface area (Å²) in [6, 6.07) is 11.0. The molecule has 0 spiro atoms. The summed E-state index contributed by atoms with van der Waals surface area (Å²) in [4.78, 5) is 2.82. The van der Waals surface area contributed by atoms with Crippen LogP contribution >= 0.6 is 11.6 Å². The predicted molar refractivity (Wildman–Crippen MR) is 66.9 cm³/mol. The van der Waals surface area contributed by atoms with Crippen molar-refractivity contribution in [3.8, 4) is 11.3 Å². The Morgan fingerprint density at radius 1 is 1.29 bits per heavy atom. The summed E-state index contributed by atoms with van der Waals surface area (Å²) in [7, 11) is 1.93. The van der Waals surface area contributed by atoms with E-state index >= 15 is 0 Å². The van der Waals surface area contributed by atoms with E-state index in [4.69, 9.17) is 17.1 Å². The SMILES string of the molecule is C[n+]1ccccc1-c1cc(Cl)ccc1N=[N+]=[N-]. The maximum absolute atomic E-state index is 8.55. The van der Waals surface area contributed by atoms with E-state index in [1.54, 1.807) is 18.2 Å². The first-order chi connectivity index (χ1) is 8.22. The highest BCUT2D eigenvalue weighted by Crippen LogP contribution is 2.30. The molecule has 0 aliphatic heterocycles. The standard InChI is InChI=1S/C12H10ClN4/c1-17-7-3-2-4-12(17)10-8-9(13)5-6-11(10)15-16-14/h2-8H,1H3/q+1. The van der Waals surface area contributed by atoms with Crippen LogP contribution in [0.2, 0.25) is 5.02 Å². The van der Waals surface area contributed by atoms with Gasteiger partial charge < -0.3 is 0 Å². The summed E-state index contributed by atoms with van der Waals surface area (Å²) in [5.41, 5.74) is 10.9. The highest BCUT2D eigenvalue weighted by atomic mass is 35.5. The van der Waals surface area contributed by atoms with Crippen molar-refractivity contribution in [1.82, 2.24) is 0 Å². The average molecular weight is 246 g/mol. The van der Waals surface area contributed by atoms with Gasteiger partial charge in [-0.1, -0.05) is 22.8 Å². The third-order valence-electron chi connectivity index (χ3n) is 2.44. The number of nitrogens with zero attached hydrogens (tertiary/aromatic N) is 4. The normalized spacial score (nSPS) is 9.76. The van der Waals surface area contributed by atoms with Crippen LogP contribution in [-0.4, -0.2) is 0 Å². The van der Waals surface area contributed by atoms with E-state index in [-0.39, 0.29) is 0 Å². The average Bonchev–Trinajstić information content (AvgIpc) is 2.32. The molecule has 4 nitrogen and oxygen atoms in total. The number of pyridine rings is 1. The Morgan fingerprint density at radius 3 is 2.82 bits per heavy atom. The quantitative estimate of drug-likeness (QED) is 0.335. The van der Waals surface area contributed by atoms with Crippen molar-refractivity contribution in [1.29, 1.82) is 0 Å². The van der Waals surface area contributed by atoms with Gasteiger partial charge in [0.2, 0.25) is 5.69 Å². The summed E-state index contributed by atoms with van der Waals surface area (Å²) < 4.78 is 1.95. The van der Waals surface area contributed by atoms with Crippen LogP contribution in [0.3, 0.4) is 0 Å². The Kier molecular flexibility index (Phi) is 3.28. The van der Waals surface area contributed by atoms with Crippen molar-refractivity contribution in [2.75, 3.05) is 0 Å². The van der Waals surface area contributed by atoms with Crippen molar-refractivity contribution < 1.29 is 4.57 Å². The van der Waals surface area contributed by atoms with Crippen LogP contribution in [0.4, 0.5) is 5.69 Å². The minimum absolute atomic E-state index is 0.568. The molecular formula is C12H10ClN4+.